The molecule has 0 atom stereocenters. The van der Waals surface area contributed by atoms with Crippen LogP contribution in [0.1, 0.15) is 36.1 Å². The summed E-state index contributed by atoms with van der Waals surface area (Å²) in [6.07, 6.45) is 0. The number of hydrogen-bond donors (Lipinski definition) is 0. The van der Waals surface area contributed by atoms with Gasteiger partial charge in [0.1, 0.15) is 6.07 Å². The Labute approximate surface area is 260 Å². The molecule has 45 heavy (non-hydrogen) atoms. The van der Waals surface area contributed by atoms with Crippen LogP contribution in [0.5, 0.6) is 0 Å². The summed E-state index contributed by atoms with van der Waals surface area (Å²) >= 11 is 0. The van der Waals surface area contributed by atoms with Gasteiger partial charge in [0, 0.05) is 32.6 Å². The Morgan fingerprint density at radius 3 is 1.93 bits per heavy atom. The summed E-state index contributed by atoms with van der Waals surface area (Å²) in [5.74, 6) is 0. The lowest BCUT2D eigenvalue weighted by atomic mass is 9.82. The van der Waals surface area contributed by atoms with Crippen molar-refractivity contribution >= 4 is 43.6 Å². The molecule has 0 radical (unpaired) electrons. The van der Waals surface area contributed by atoms with E-state index in [0.29, 0.717) is 11.1 Å². The van der Waals surface area contributed by atoms with Crippen LogP contribution in [0, 0.1) is 22.7 Å². The minimum absolute atomic E-state index is 0.182. The molecule has 2 heterocycles. The molecule has 0 saturated carbocycles. The zero-order valence-corrected chi connectivity index (χ0v) is 24.8. The second-order valence-electron chi connectivity index (χ2n) is 12.4. The summed E-state index contributed by atoms with van der Waals surface area (Å²) in [6.45, 7) is 4.59. The highest BCUT2D eigenvalue weighted by atomic mass is 15.1. The second-order valence-corrected chi connectivity index (χ2v) is 12.4. The van der Waals surface area contributed by atoms with Gasteiger partial charge in [-0.1, -0.05) is 92.7 Å². The van der Waals surface area contributed by atoms with Gasteiger partial charge in [-0.2, -0.15) is 10.5 Å². The molecular weight excluding hydrogens is 548 g/mol. The zero-order valence-electron chi connectivity index (χ0n) is 24.8. The van der Waals surface area contributed by atoms with Gasteiger partial charge < -0.3 is 9.13 Å². The third-order valence-electron chi connectivity index (χ3n) is 9.77. The van der Waals surface area contributed by atoms with Gasteiger partial charge in [-0.25, -0.2) is 0 Å². The molecule has 8 aromatic rings. The highest BCUT2D eigenvalue weighted by Gasteiger charge is 2.36. The Bertz CT molecular complexity index is 2640. The molecular formula is C41H26N4. The molecule has 4 heteroatoms. The summed E-state index contributed by atoms with van der Waals surface area (Å²) in [6, 6.07) is 47.0. The van der Waals surface area contributed by atoms with Gasteiger partial charge in [0.05, 0.1) is 45.0 Å². The molecule has 0 fully saturated rings. The maximum absolute atomic E-state index is 10.8. The van der Waals surface area contributed by atoms with Crippen molar-refractivity contribution in [1.29, 1.82) is 10.5 Å². The van der Waals surface area contributed by atoms with E-state index in [1.807, 2.05) is 30.3 Å². The van der Waals surface area contributed by atoms with Crippen LogP contribution >= 0.6 is 0 Å². The van der Waals surface area contributed by atoms with Crippen molar-refractivity contribution in [2.75, 3.05) is 0 Å². The van der Waals surface area contributed by atoms with Crippen LogP contribution in [0.4, 0.5) is 0 Å². The summed E-state index contributed by atoms with van der Waals surface area (Å²) in [5.41, 5.74) is 11.6. The number of benzene rings is 6. The van der Waals surface area contributed by atoms with Crippen LogP contribution in [0.3, 0.4) is 0 Å². The van der Waals surface area contributed by atoms with Gasteiger partial charge in [-0.15, -0.1) is 0 Å². The fourth-order valence-corrected chi connectivity index (χ4v) is 7.80. The fourth-order valence-electron chi connectivity index (χ4n) is 7.80. The number of aromatic nitrogens is 2. The van der Waals surface area contributed by atoms with Crippen molar-refractivity contribution in [1.82, 2.24) is 9.13 Å². The van der Waals surface area contributed by atoms with E-state index < -0.39 is 0 Å². The molecule has 1 aliphatic rings. The van der Waals surface area contributed by atoms with Crippen molar-refractivity contribution in [2.45, 2.75) is 19.3 Å². The minimum atomic E-state index is -0.182. The van der Waals surface area contributed by atoms with Crippen molar-refractivity contribution in [2.24, 2.45) is 0 Å². The maximum Gasteiger partial charge on any atom is 0.101 e. The maximum atomic E-state index is 10.8. The van der Waals surface area contributed by atoms with E-state index in [1.54, 1.807) is 6.07 Å². The normalized spacial score (nSPS) is 13.2. The Kier molecular flexibility index (Phi) is 5.06. The van der Waals surface area contributed by atoms with Crippen LogP contribution in [0.15, 0.2) is 121 Å². The van der Waals surface area contributed by atoms with Gasteiger partial charge in [0.15, 0.2) is 0 Å². The third-order valence-corrected chi connectivity index (χ3v) is 9.77. The topological polar surface area (TPSA) is 57.4 Å². The molecule has 9 rings (SSSR count). The molecule has 0 aliphatic heterocycles. The number of rotatable bonds is 2. The minimum Gasteiger partial charge on any atom is -0.307 e. The zero-order chi connectivity index (χ0) is 30.4. The number of nitriles is 2. The van der Waals surface area contributed by atoms with Crippen molar-refractivity contribution < 1.29 is 0 Å². The molecule has 4 nitrogen and oxygen atoms in total. The predicted molar refractivity (Wildman–Crippen MR) is 182 cm³/mol. The Morgan fingerprint density at radius 2 is 1.18 bits per heavy atom. The first-order valence-corrected chi connectivity index (χ1v) is 15.2. The third kappa shape index (κ3) is 3.23. The summed E-state index contributed by atoms with van der Waals surface area (Å²) in [7, 11) is 0. The Balaban J connectivity index is 1.53. The molecule has 2 aromatic heterocycles. The molecule has 0 spiro atoms. The molecule has 0 unspecified atom stereocenters. The van der Waals surface area contributed by atoms with E-state index in [0.717, 1.165) is 55.0 Å². The average molecular weight is 575 g/mol. The van der Waals surface area contributed by atoms with Gasteiger partial charge in [-0.05, 0) is 64.7 Å². The molecule has 0 N–H and O–H groups in total. The standard InChI is InChI=1S/C41H26N4/c1-41(2)33-17-9-6-14-28(33)31-21-32-29-15-7-10-18-35(29)45(37(32)22-34(31)41)39-26(24-43)20-25(23-42)38-30-16-8-11-19-36(30)44(40(38)39)27-12-4-3-5-13-27/h3-22H,1-2H3. The van der Waals surface area contributed by atoms with Gasteiger partial charge in [0.2, 0.25) is 0 Å². The van der Waals surface area contributed by atoms with Crippen molar-refractivity contribution in [3.63, 3.8) is 0 Å². The molecule has 0 bridgehead atoms. The van der Waals surface area contributed by atoms with Crippen LogP contribution in [-0.2, 0) is 5.41 Å². The Hall–Kier alpha value is -6.10. The Morgan fingerprint density at radius 1 is 0.533 bits per heavy atom. The summed E-state index contributed by atoms with van der Waals surface area (Å²) in [4.78, 5) is 0. The average Bonchev–Trinajstić information content (AvgIpc) is 3.67. The smallest absolute Gasteiger partial charge is 0.101 e. The van der Waals surface area contributed by atoms with E-state index in [4.69, 9.17) is 0 Å². The molecule has 1 aliphatic carbocycles. The lowest BCUT2D eigenvalue weighted by Crippen LogP contribution is -2.15. The van der Waals surface area contributed by atoms with Crippen LogP contribution in [-0.4, -0.2) is 9.13 Å². The van der Waals surface area contributed by atoms with E-state index in [9.17, 15) is 10.5 Å². The second kappa shape index (κ2) is 8.96. The fraction of sp³-hybridized carbons (Fsp3) is 0.0732. The van der Waals surface area contributed by atoms with Crippen molar-refractivity contribution in [3.8, 4) is 34.6 Å². The van der Waals surface area contributed by atoms with E-state index >= 15 is 0 Å². The largest absolute Gasteiger partial charge is 0.307 e. The monoisotopic (exact) mass is 574 g/mol. The summed E-state index contributed by atoms with van der Waals surface area (Å²) < 4.78 is 4.49. The predicted octanol–water partition coefficient (Wildman–Crippen LogP) is 9.93. The number of para-hydroxylation sites is 3. The lowest BCUT2D eigenvalue weighted by molar-refractivity contribution is 0.661. The van der Waals surface area contributed by atoms with E-state index in [-0.39, 0.29) is 5.41 Å². The first-order valence-electron chi connectivity index (χ1n) is 15.2. The quantitative estimate of drug-likeness (QED) is 0.206. The lowest BCUT2D eigenvalue weighted by Gasteiger charge is -2.22. The summed E-state index contributed by atoms with van der Waals surface area (Å²) in [5, 5.41) is 25.3. The molecule has 6 aromatic carbocycles. The van der Waals surface area contributed by atoms with Gasteiger partial charge in [-0.3, -0.25) is 0 Å². The first kappa shape index (κ1) is 25.4. The SMILES string of the molecule is CC1(C)c2ccccc2-c2cc3c4ccccc4n(-c4c(C#N)cc(C#N)c5c6ccccc6n(-c6ccccc6)c45)c3cc21. The van der Waals surface area contributed by atoms with E-state index in [1.165, 1.54) is 22.3 Å². The molecule has 0 amide bonds. The highest BCUT2D eigenvalue weighted by molar-refractivity contribution is 6.18. The van der Waals surface area contributed by atoms with Crippen LogP contribution in [0.25, 0.3) is 66.1 Å². The number of nitrogens with zero attached hydrogens (tertiary/aromatic N) is 4. The molecule has 210 valence electrons. The van der Waals surface area contributed by atoms with E-state index in [2.05, 4.69) is 120 Å². The van der Waals surface area contributed by atoms with Gasteiger partial charge in [0.25, 0.3) is 0 Å². The van der Waals surface area contributed by atoms with Crippen molar-refractivity contribution in [3.05, 3.63) is 144 Å². The highest BCUT2D eigenvalue weighted by Crippen LogP contribution is 2.51. The van der Waals surface area contributed by atoms with Gasteiger partial charge >= 0.3 is 0 Å². The van der Waals surface area contributed by atoms with Crippen LogP contribution in [0.2, 0.25) is 0 Å². The van der Waals surface area contributed by atoms with Crippen LogP contribution < -0.4 is 0 Å². The first-order chi connectivity index (χ1) is 22.0. The number of fused-ring (bicyclic) bond motifs is 9. The molecule has 0 saturated heterocycles. The number of hydrogen-bond acceptors (Lipinski definition) is 2.